The number of rotatable bonds is 5. The van der Waals surface area contributed by atoms with Gasteiger partial charge >= 0.3 is 0 Å². The fourth-order valence-corrected chi connectivity index (χ4v) is 9.50. The number of aromatic nitrogens is 3. The molecule has 0 aliphatic heterocycles. The van der Waals surface area contributed by atoms with Crippen molar-refractivity contribution in [2.24, 2.45) is 0 Å². The highest BCUT2D eigenvalue weighted by atomic mass is 16.3. The van der Waals surface area contributed by atoms with E-state index >= 15 is 0 Å². The lowest BCUT2D eigenvalue weighted by molar-refractivity contribution is 0.628. The molecule has 1 spiro atoms. The molecule has 58 heavy (non-hydrogen) atoms. The zero-order valence-electron chi connectivity index (χ0n) is 31.3. The molecule has 8 aromatic carbocycles. The summed E-state index contributed by atoms with van der Waals surface area (Å²) >= 11 is 0. The molecule has 0 fully saturated rings. The van der Waals surface area contributed by atoms with E-state index in [1.807, 2.05) is 24.3 Å². The topological polar surface area (TPSA) is 51.8 Å². The van der Waals surface area contributed by atoms with Crippen LogP contribution in [0.4, 0.5) is 0 Å². The molecule has 270 valence electrons. The maximum Gasteiger partial charge on any atom is 0.164 e. The fraction of sp³-hybridized carbons (Fsp3) is 0.0185. The van der Waals surface area contributed by atoms with Gasteiger partial charge in [-0.15, -0.1) is 0 Å². The van der Waals surface area contributed by atoms with Crippen LogP contribution in [0.1, 0.15) is 22.3 Å². The Kier molecular flexibility index (Phi) is 7.11. The molecule has 0 saturated heterocycles. The Labute approximate surface area is 335 Å². The standard InChI is InChI=1S/C54H33N3O/c1-3-16-34(17-4-1)36-20-15-21-38(32-36)52-55-51(35-18-5-2-6-19-35)56-53(57-52)42-25-8-7-22-39(42)37-30-31-47-44(33-37)50-49(43-26-11-14-29-48(43)58-50)54(47)45-27-12-9-23-40(45)41-24-10-13-28-46(41)54/h1-33H. The number of benzene rings is 8. The molecular weight excluding hydrogens is 707 g/mol. The average molecular weight is 740 g/mol. The number of nitrogens with zero attached hydrogens (tertiary/aromatic N) is 3. The van der Waals surface area contributed by atoms with Crippen LogP contribution in [0.2, 0.25) is 0 Å². The fourth-order valence-electron chi connectivity index (χ4n) is 9.50. The minimum atomic E-state index is -0.509. The molecule has 0 bridgehead atoms. The minimum Gasteiger partial charge on any atom is -0.456 e. The summed E-state index contributed by atoms with van der Waals surface area (Å²) in [6, 6.07) is 70.6. The van der Waals surface area contributed by atoms with Crippen LogP contribution in [0.25, 0.3) is 89.8 Å². The molecular formula is C54H33N3O. The van der Waals surface area contributed by atoms with Crippen molar-refractivity contribution < 1.29 is 4.42 Å². The molecule has 0 amide bonds. The average Bonchev–Trinajstić information content (AvgIpc) is 3.93. The van der Waals surface area contributed by atoms with E-state index in [-0.39, 0.29) is 0 Å². The van der Waals surface area contributed by atoms with Crippen LogP contribution in [0.3, 0.4) is 0 Å². The van der Waals surface area contributed by atoms with Gasteiger partial charge in [0.15, 0.2) is 17.5 Å². The van der Waals surface area contributed by atoms with Crippen LogP contribution in [-0.4, -0.2) is 15.0 Å². The van der Waals surface area contributed by atoms with Crippen molar-refractivity contribution in [3.63, 3.8) is 0 Å². The Balaban J connectivity index is 1.06. The molecule has 0 saturated carbocycles. The van der Waals surface area contributed by atoms with Crippen LogP contribution >= 0.6 is 0 Å². The van der Waals surface area contributed by atoms with E-state index in [9.17, 15) is 0 Å². The number of para-hydroxylation sites is 1. The van der Waals surface area contributed by atoms with E-state index in [4.69, 9.17) is 19.4 Å². The summed E-state index contributed by atoms with van der Waals surface area (Å²) in [7, 11) is 0. The Bertz CT molecular complexity index is 3190. The highest BCUT2D eigenvalue weighted by Gasteiger charge is 2.54. The van der Waals surface area contributed by atoms with Crippen molar-refractivity contribution >= 4 is 11.0 Å². The van der Waals surface area contributed by atoms with Gasteiger partial charge in [-0.3, -0.25) is 0 Å². The van der Waals surface area contributed by atoms with Crippen molar-refractivity contribution in [2.45, 2.75) is 5.41 Å². The second-order valence-electron chi connectivity index (χ2n) is 15.1. The van der Waals surface area contributed by atoms with Crippen molar-refractivity contribution in [2.75, 3.05) is 0 Å². The highest BCUT2D eigenvalue weighted by molar-refractivity contribution is 6.02. The monoisotopic (exact) mass is 739 g/mol. The van der Waals surface area contributed by atoms with Crippen LogP contribution < -0.4 is 0 Å². The van der Waals surface area contributed by atoms with Crippen LogP contribution in [0.15, 0.2) is 205 Å². The molecule has 0 atom stereocenters. The van der Waals surface area contributed by atoms with Gasteiger partial charge in [0.05, 0.1) is 5.41 Å². The van der Waals surface area contributed by atoms with E-state index in [0.29, 0.717) is 17.5 Å². The first-order valence-corrected chi connectivity index (χ1v) is 19.7. The first kappa shape index (κ1) is 32.5. The maximum atomic E-state index is 6.90. The van der Waals surface area contributed by atoms with Gasteiger partial charge in [-0.25, -0.2) is 15.0 Å². The quantitative estimate of drug-likeness (QED) is 0.176. The molecule has 0 radical (unpaired) electrons. The van der Waals surface area contributed by atoms with Gasteiger partial charge in [-0.2, -0.15) is 0 Å². The number of fused-ring (bicyclic) bond motifs is 12. The van der Waals surface area contributed by atoms with Gasteiger partial charge in [0.2, 0.25) is 0 Å². The van der Waals surface area contributed by atoms with Crippen molar-refractivity contribution in [1.29, 1.82) is 0 Å². The SMILES string of the molecule is c1ccc(-c2cccc(-c3nc(-c4ccccc4)nc(-c4ccccc4-c4ccc5c(c4)-c4oc6ccccc6c4C54c5ccccc5-c5ccccc54)n3)c2)cc1. The Hall–Kier alpha value is -7.69. The third-order valence-corrected chi connectivity index (χ3v) is 12.0. The Morgan fingerprint density at radius 3 is 1.60 bits per heavy atom. The number of hydrogen-bond donors (Lipinski definition) is 0. The van der Waals surface area contributed by atoms with Crippen molar-refractivity contribution in [1.82, 2.24) is 15.0 Å². The first-order chi connectivity index (χ1) is 28.8. The zero-order valence-corrected chi connectivity index (χ0v) is 31.3. The summed E-state index contributed by atoms with van der Waals surface area (Å²) in [6.07, 6.45) is 0. The number of furan rings is 1. The highest BCUT2D eigenvalue weighted by Crippen LogP contribution is 2.65. The Morgan fingerprint density at radius 1 is 0.328 bits per heavy atom. The van der Waals surface area contributed by atoms with Crippen molar-refractivity contribution in [3.05, 3.63) is 222 Å². The molecule has 0 unspecified atom stereocenters. The lowest BCUT2D eigenvalue weighted by Gasteiger charge is -2.30. The summed E-state index contributed by atoms with van der Waals surface area (Å²) < 4.78 is 6.90. The maximum absolute atomic E-state index is 6.90. The van der Waals surface area contributed by atoms with Crippen LogP contribution in [-0.2, 0) is 5.41 Å². The predicted molar refractivity (Wildman–Crippen MR) is 233 cm³/mol. The van der Waals surface area contributed by atoms with E-state index < -0.39 is 5.41 Å². The van der Waals surface area contributed by atoms with Crippen LogP contribution in [0, 0.1) is 0 Å². The molecule has 2 aromatic heterocycles. The minimum absolute atomic E-state index is 0.509. The molecule has 12 rings (SSSR count). The van der Waals surface area contributed by atoms with Gasteiger partial charge in [0.1, 0.15) is 11.3 Å². The largest absolute Gasteiger partial charge is 0.456 e. The molecule has 4 heteroatoms. The molecule has 0 N–H and O–H groups in total. The lowest BCUT2D eigenvalue weighted by atomic mass is 9.70. The van der Waals surface area contributed by atoms with Gasteiger partial charge in [-0.05, 0) is 68.3 Å². The Morgan fingerprint density at radius 2 is 0.862 bits per heavy atom. The summed E-state index contributed by atoms with van der Waals surface area (Å²) in [4.78, 5) is 15.5. The van der Waals surface area contributed by atoms with E-state index in [0.717, 1.165) is 61.2 Å². The summed E-state index contributed by atoms with van der Waals surface area (Å²) in [5, 5.41) is 1.14. The third kappa shape index (κ3) is 4.72. The third-order valence-electron chi connectivity index (χ3n) is 12.0. The second-order valence-corrected chi connectivity index (χ2v) is 15.1. The van der Waals surface area contributed by atoms with E-state index in [1.165, 1.54) is 33.4 Å². The van der Waals surface area contributed by atoms with Gasteiger partial charge < -0.3 is 4.42 Å². The normalized spacial score (nSPS) is 13.0. The molecule has 4 nitrogen and oxygen atoms in total. The summed E-state index contributed by atoms with van der Waals surface area (Å²) in [5.74, 6) is 2.79. The van der Waals surface area contributed by atoms with Gasteiger partial charge in [0.25, 0.3) is 0 Å². The molecule has 2 heterocycles. The molecule has 2 aliphatic rings. The second kappa shape index (κ2) is 12.7. The van der Waals surface area contributed by atoms with E-state index in [2.05, 4.69) is 176 Å². The number of hydrogen-bond acceptors (Lipinski definition) is 4. The van der Waals surface area contributed by atoms with Crippen LogP contribution in [0.5, 0.6) is 0 Å². The molecule has 2 aliphatic carbocycles. The zero-order chi connectivity index (χ0) is 38.2. The first-order valence-electron chi connectivity index (χ1n) is 19.7. The van der Waals surface area contributed by atoms with Gasteiger partial charge in [-0.1, -0.05) is 182 Å². The predicted octanol–water partition coefficient (Wildman–Crippen LogP) is 13.3. The van der Waals surface area contributed by atoms with E-state index in [1.54, 1.807) is 0 Å². The summed E-state index contributed by atoms with van der Waals surface area (Å²) in [5.41, 5.74) is 16.2. The summed E-state index contributed by atoms with van der Waals surface area (Å²) in [6.45, 7) is 0. The van der Waals surface area contributed by atoms with Crippen molar-refractivity contribution in [3.8, 4) is 78.9 Å². The molecule has 10 aromatic rings. The van der Waals surface area contributed by atoms with Gasteiger partial charge in [0, 0.05) is 33.2 Å². The lowest BCUT2D eigenvalue weighted by Crippen LogP contribution is -2.25. The smallest absolute Gasteiger partial charge is 0.164 e.